The molecular weight excluding hydrogens is 492 g/mol. The van der Waals surface area contributed by atoms with E-state index in [9.17, 15) is 29.4 Å². The number of aliphatic carboxylic acids is 1. The predicted molar refractivity (Wildman–Crippen MR) is 140 cm³/mol. The maximum Gasteiger partial charge on any atom is 0.326 e. The third-order valence-electron chi connectivity index (χ3n) is 6.36. The molecule has 0 saturated heterocycles. The van der Waals surface area contributed by atoms with E-state index in [4.69, 9.17) is 5.73 Å². The van der Waals surface area contributed by atoms with E-state index in [1.165, 1.54) is 24.7 Å². The van der Waals surface area contributed by atoms with E-state index < -0.39 is 47.9 Å². The highest BCUT2D eigenvalue weighted by molar-refractivity contribution is 5.94. The number of carboxylic acids is 1. The summed E-state index contributed by atoms with van der Waals surface area (Å²) in [5.41, 5.74) is 7.39. The van der Waals surface area contributed by atoms with E-state index >= 15 is 0 Å². The van der Waals surface area contributed by atoms with Crippen LogP contribution in [0, 0.1) is 11.8 Å². The van der Waals surface area contributed by atoms with Crippen molar-refractivity contribution in [3.63, 3.8) is 0 Å². The number of aromatic nitrogens is 2. The molecule has 8 N–H and O–H groups in total. The van der Waals surface area contributed by atoms with Gasteiger partial charge in [0.1, 0.15) is 23.9 Å². The lowest BCUT2D eigenvalue weighted by Gasteiger charge is -2.28. The molecule has 38 heavy (non-hydrogen) atoms. The lowest BCUT2D eigenvalue weighted by atomic mass is 9.96. The Hall–Kier alpha value is -3.93. The Balaban J connectivity index is 2.18. The SMILES string of the molecule is CCC(C)C(NC(=O)C(N)Cc1ccc(O)cc1)C(=O)NC(Cc1cnc[nH]1)C(=O)NC(C(=O)O)C(C)C. The van der Waals surface area contributed by atoms with Crippen LogP contribution in [-0.2, 0) is 32.0 Å². The highest BCUT2D eigenvalue weighted by Gasteiger charge is 2.33. The highest BCUT2D eigenvalue weighted by atomic mass is 16.4. The van der Waals surface area contributed by atoms with Gasteiger partial charge in [-0.3, -0.25) is 14.4 Å². The molecule has 1 aromatic carbocycles. The Labute approximate surface area is 221 Å². The average molecular weight is 531 g/mol. The number of phenolic OH excluding ortho intramolecular Hbond substituents is 1. The Morgan fingerprint density at radius 3 is 2.11 bits per heavy atom. The Kier molecular flexibility index (Phi) is 11.3. The van der Waals surface area contributed by atoms with Crippen molar-refractivity contribution >= 4 is 23.7 Å². The van der Waals surface area contributed by atoms with Crippen LogP contribution in [-0.4, -0.2) is 68.0 Å². The number of aromatic hydroxyl groups is 1. The van der Waals surface area contributed by atoms with Gasteiger partial charge >= 0.3 is 5.97 Å². The zero-order chi connectivity index (χ0) is 28.4. The summed E-state index contributed by atoms with van der Waals surface area (Å²) < 4.78 is 0. The number of hydrogen-bond donors (Lipinski definition) is 7. The predicted octanol–water partition coefficient (Wildman–Crippen LogP) is 0.469. The smallest absolute Gasteiger partial charge is 0.326 e. The zero-order valence-corrected chi connectivity index (χ0v) is 22.1. The van der Waals surface area contributed by atoms with Crippen molar-refractivity contribution in [3.8, 4) is 5.75 Å². The summed E-state index contributed by atoms with van der Waals surface area (Å²) in [6, 6.07) is 2.08. The molecule has 2 rings (SSSR count). The minimum atomic E-state index is -1.19. The fourth-order valence-electron chi connectivity index (χ4n) is 3.80. The van der Waals surface area contributed by atoms with E-state index in [0.29, 0.717) is 12.1 Å². The average Bonchev–Trinajstić information content (AvgIpc) is 3.38. The molecule has 0 aliphatic rings. The molecule has 0 bridgehead atoms. The van der Waals surface area contributed by atoms with Gasteiger partial charge in [0, 0.05) is 18.3 Å². The first-order valence-electron chi connectivity index (χ1n) is 12.6. The van der Waals surface area contributed by atoms with Gasteiger partial charge < -0.3 is 36.9 Å². The number of H-pyrrole nitrogens is 1. The molecule has 0 radical (unpaired) electrons. The molecule has 3 amide bonds. The molecule has 2 aromatic rings. The number of benzene rings is 1. The second-order valence-corrected chi connectivity index (χ2v) is 9.76. The number of carboxylic acid groups (broad SMARTS) is 1. The minimum absolute atomic E-state index is 0.0313. The van der Waals surface area contributed by atoms with Crippen LogP contribution in [0.1, 0.15) is 45.4 Å². The quantitative estimate of drug-likeness (QED) is 0.183. The number of nitrogens with one attached hydrogen (secondary N) is 4. The molecule has 208 valence electrons. The summed E-state index contributed by atoms with van der Waals surface area (Å²) in [4.78, 5) is 57.8. The van der Waals surface area contributed by atoms with Gasteiger partial charge in [-0.1, -0.05) is 46.2 Å². The molecule has 5 unspecified atom stereocenters. The summed E-state index contributed by atoms with van der Waals surface area (Å²) in [6.07, 6.45) is 3.70. The van der Waals surface area contributed by atoms with Crippen LogP contribution in [0.5, 0.6) is 5.75 Å². The first kappa shape index (κ1) is 30.3. The second kappa shape index (κ2) is 14.1. The van der Waals surface area contributed by atoms with Gasteiger partial charge in [-0.2, -0.15) is 0 Å². The van der Waals surface area contributed by atoms with E-state index in [-0.39, 0.29) is 30.4 Å². The molecule has 0 aliphatic heterocycles. The number of carbonyl (C=O) groups is 4. The molecule has 1 aromatic heterocycles. The Morgan fingerprint density at radius 2 is 1.58 bits per heavy atom. The third-order valence-corrected chi connectivity index (χ3v) is 6.36. The van der Waals surface area contributed by atoms with Crippen LogP contribution in [0.2, 0.25) is 0 Å². The molecule has 0 saturated carbocycles. The van der Waals surface area contributed by atoms with Gasteiger partial charge in [-0.25, -0.2) is 9.78 Å². The Morgan fingerprint density at radius 1 is 0.947 bits per heavy atom. The van der Waals surface area contributed by atoms with Crippen LogP contribution in [0.25, 0.3) is 0 Å². The fraction of sp³-hybridized carbons (Fsp3) is 0.500. The molecule has 0 aliphatic carbocycles. The van der Waals surface area contributed by atoms with Gasteiger partial charge in [-0.15, -0.1) is 0 Å². The van der Waals surface area contributed by atoms with Gasteiger partial charge in [0.25, 0.3) is 0 Å². The fourth-order valence-corrected chi connectivity index (χ4v) is 3.80. The summed E-state index contributed by atoms with van der Waals surface area (Å²) in [6.45, 7) is 6.98. The van der Waals surface area contributed by atoms with Crippen molar-refractivity contribution in [3.05, 3.63) is 48.0 Å². The van der Waals surface area contributed by atoms with Gasteiger partial charge in [0.05, 0.1) is 12.4 Å². The van der Waals surface area contributed by atoms with Crippen molar-refractivity contribution in [1.82, 2.24) is 25.9 Å². The van der Waals surface area contributed by atoms with Crippen LogP contribution >= 0.6 is 0 Å². The number of aromatic amines is 1. The summed E-state index contributed by atoms with van der Waals surface area (Å²) >= 11 is 0. The van der Waals surface area contributed by atoms with Gasteiger partial charge in [-0.05, 0) is 36.0 Å². The summed E-state index contributed by atoms with van der Waals surface area (Å²) in [7, 11) is 0. The van der Waals surface area contributed by atoms with Gasteiger partial charge in [0.2, 0.25) is 17.7 Å². The molecule has 0 spiro atoms. The minimum Gasteiger partial charge on any atom is -0.508 e. The standard InChI is InChI=1S/C26H38N6O6/c1-5-15(4)22(32-23(34)19(27)10-16-6-8-18(33)9-7-16)25(36)30-20(11-17-12-28-13-29-17)24(35)31-21(14(2)3)26(37)38/h6-9,12-15,19-22,33H,5,10-11,27H2,1-4H3,(H,28,29)(H,30,36)(H,31,35)(H,32,34)(H,37,38). The lowest BCUT2D eigenvalue weighted by Crippen LogP contribution is -2.59. The zero-order valence-electron chi connectivity index (χ0n) is 22.1. The summed E-state index contributed by atoms with van der Waals surface area (Å²) in [5, 5.41) is 26.8. The summed E-state index contributed by atoms with van der Waals surface area (Å²) in [5.74, 6) is -3.59. The van der Waals surface area contributed by atoms with Crippen LogP contribution in [0.3, 0.4) is 0 Å². The first-order valence-corrected chi connectivity index (χ1v) is 12.6. The number of rotatable bonds is 14. The van der Waals surface area contributed by atoms with Crippen LogP contribution in [0.4, 0.5) is 0 Å². The van der Waals surface area contributed by atoms with Crippen molar-refractivity contribution < 1.29 is 29.4 Å². The van der Waals surface area contributed by atoms with E-state index in [2.05, 4.69) is 25.9 Å². The second-order valence-electron chi connectivity index (χ2n) is 9.76. The number of phenols is 1. The van der Waals surface area contributed by atoms with E-state index in [0.717, 1.165) is 5.56 Å². The molecule has 12 heteroatoms. The number of imidazole rings is 1. The molecule has 12 nitrogen and oxygen atoms in total. The number of nitrogens with zero attached hydrogens (tertiary/aromatic N) is 1. The number of carbonyl (C=O) groups excluding carboxylic acids is 3. The maximum absolute atomic E-state index is 13.4. The van der Waals surface area contributed by atoms with Crippen molar-refractivity contribution in [1.29, 1.82) is 0 Å². The Bertz CT molecular complexity index is 1070. The number of nitrogens with two attached hydrogens (primary N) is 1. The lowest BCUT2D eigenvalue weighted by molar-refractivity contribution is -0.143. The topological polar surface area (TPSA) is 200 Å². The van der Waals surface area contributed by atoms with Crippen molar-refractivity contribution in [2.75, 3.05) is 0 Å². The molecule has 0 fully saturated rings. The van der Waals surface area contributed by atoms with E-state index in [1.54, 1.807) is 32.9 Å². The normalized spacial score (nSPS) is 15.1. The third kappa shape index (κ3) is 8.87. The molecule has 5 atom stereocenters. The highest BCUT2D eigenvalue weighted by Crippen LogP contribution is 2.13. The largest absolute Gasteiger partial charge is 0.508 e. The van der Waals surface area contributed by atoms with Crippen molar-refractivity contribution in [2.24, 2.45) is 17.6 Å². The first-order chi connectivity index (χ1) is 17.9. The number of amides is 3. The molecular formula is C26H38N6O6. The van der Waals surface area contributed by atoms with Gasteiger partial charge in [0.15, 0.2) is 0 Å². The van der Waals surface area contributed by atoms with Crippen LogP contribution in [0.15, 0.2) is 36.8 Å². The van der Waals surface area contributed by atoms with E-state index in [1.807, 2.05) is 6.92 Å². The maximum atomic E-state index is 13.4. The number of hydrogen-bond acceptors (Lipinski definition) is 7. The molecule has 1 heterocycles. The van der Waals surface area contributed by atoms with Crippen molar-refractivity contribution in [2.45, 2.75) is 71.1 Å². The monoisotopic (exact) mass is 530 g/mol. The van der Waals surface area contributed by atoms with Crippen LogP contribution < -0.4 is 21.7 Å².